The van der Waals surface area contributed by atoms with Crippen LogP contribution in [0.3, 0.4) is 0 Å². The fourth-order valence-corrected chi connectivity index (χ4v) is 4.47. The van der Waals surface area contributed by atoms with Crippen molar-refractivity contribution in [2.75, 3.05) is 0 Å². The number of hydrogen-bond donors (Lipinski definition) is 1. The standard InChI is InChI=1S/C17H27NO3/c1-15(2)16(3)10-11-17(15,21-14(16)20)13(19)18-12-8-6-4-5-7-9-12/h12H,4-11H2,1-3H3,(H,18,19). The molecule has 2 atom stereocenters. The van der Waals surface area contributed by atoms with Gasteiger partial charge in [0.15, 0.2) is 5.60 Å². The highest BCUT2D eigenvalue weighted by Crippen LogP contribution is 2.65. The maximum absolute atomic E-state index is 12.9. The van der Waals surface area contributed by atoms with Crippen LogP contribution in [0.2, 0.25) is 0 Å². The minimum Gasteiger partial charge on any atom is -0.448 e. The van der Waals surface area contributed by atoms with Gasteiger partial charge in [-0.25, -0.2) is 0 Å². The topological polar surface area (TPSA) is 55.4 Å². The number of hydrogen-bond acceptors (Lipinski definition) is 3. The lowest BCUT2D eigenvalue weighted by molar-refractivity contribution is -0.168. The quantitative estimate of drug-likeness (QED) is 0.629. The van der Waals surface area contributed by atoms with Crippen molar-refractivity contribution in [1.29, 1.82) is 0 Å². The Kier molecular flexibility index (Phi) is 3.34. The lowest BCUT2D eigenvalue weighted by Gasteiger charge is -2.36. The van der Waals surface area contributed by atoms with E-state index in [0.29, 0.717) is 6.42 Å². The van der Waals surface area contributed by atoms with E-state index >= 15 is 0 Å². The third kappa shape index (κ3) is 1.87. The Balaban J connectivity index is 1.79. The first-order valence-corrected chi connectivity index (χ1v) is 8.38. The Morgan fingerprint density at radius 3 is 2.19 bits per heavy atom. The van der Waals surface area contributed by atoms with Gasteiger partial charge in [-0.05, 0) is 32.6 Å². The lowest BCUT2D eigenvalue weighted by atomic mass is 9.66. The van der Waals surface area contributed by atoms with E-state index in [9.17, 15) is 9.59 Å². The van der Waals surface area contributed by atoms with Crippen molar-refractivity contribution in [2.45, 2.75) is 83.8 Å². The van der Waals surface area contributed by atoms with Crippen molar-refractivity contribution < 1.29 is 14.3 Å². The molecule has 21 heavy (non-hydrogen) atoms. The van der Waals surface area contributed by atoms with Crippen molar-refractivity contribution >= 4 is 11.9 Å². The van der Waals surface area contributed by atoms with Crippen LogP contribution in [0.15, 0.2) is 0 Å². The van der Waals surface area contributed by atoms with Crippen LogP contribution >= 0.6 is 0 Å². The summed E-state index contributed by atoms with van der Waals surface area (Å²) in [4.78, 5) is 25.1. The number of nitrogens with one attached hydrogen (secondary N) is 1. The van der Waals surface area contributed by atoms with Crippen LogP contribution in [-0.4, -0.2) is 23.5 Å². The Hall–Kier alpha value is -1.06. The lowest BCUT2D eigenvalue weighted by Crippen LogP contribution is -2.55. The fourth-order valence-electron chi connectivity index (χ4n) is 4.47. The molecule has 0 aromatic carbocycles. The van der Waals surface area contributed by atoms with Gasteiger partial charge in [0.05, 0.1) is 5.41 Å². The monoisotopic (exact) mass is 293 g/mol. The van der Waals surface area contributed by atoms with E-state index in [0.717, 1.165) is 19.3 Å². The molecule has 3 rings (SSSR count). The highest BCUT2D eigenvalue weighted by Gasteiger charge is 2.75. The summed E-state index contributed by atoms with van der Waals surface area (Å²) >= 11 is 0. The smallest absolute Gasteiger partial charge is 0.313 e. The zero-order valence-corrected chi connectivity index (χ0v) is 13.5. The van der Waals surface area contributed by atoms with Crippen molar-refractivity contribution in [3.63, 3.8) is 0 Å². The molecule has 2 saturated carbocycles. The predicted octanol–water partition coefficient (Wildman–Crippen LogP) is 2.95. The average Bonchev–Trinajstić information content (AvgIpc) is 2.66. The Bertz CT molecular complexity index is 465. The van der Waals surface area contributed by atoms with Crippen LogP contribution in [0, 0.1) is 10.8 Å². The molecule has 2 bridgehead atoms. The van der Waals surface area contributed by atoms with Crippen molar-refractivity contribution in [2.24, 2.45) is 10.8 Å². The normalized spacial score (nSPS) is 38.9. The first kappa shape index (κ1) is 14.9. The average molecular weight is 293 g/mol. The molecule has 1 N–H and O–H groups in total. The van der Waals surface area contributed by atoms with E-state index in [4.69, 9.17) is 4.74 Å². The van der Waals surface area contributed by atoms with Gasteiger partial charge in [0.1, 0.15) is 0 Å². The summed E-state index contributed by atoms with van der Waals surface area (Å²) in [5.41, 5.74) is -1.91. The van der Waals surface area contributed by atoms with E-state index in [1.807, 2.05) is 20.8 Å². The van der Waals surface area contributed by atoms with Gasteiger partial charge < -0.3 is 10.1 Å². The minimum absolute atomic E-state index is 0.0611. The van der Waals surface area contributed by atoms with Crippen LogP contribution in [0.25, 0.3) is 0 Å². The SMILES string of the molecule is CC12CCC(C(=O)NC3CCCCCC3)(OC1=O)C2(C)C. The fraction of sp³-hybridized carbons (Fsp3) is 0.882. The first-order valence-electron chi connectivity index (χ1n) is 8.38. The van der Waals surface area contributed by atoms with E-state index < -0.39 is 16.4 Å². The molecule has 1 aliphatic heterocycles. The second-order valence-electron chi connectivity index (χ2n) is 7.84. The van der Waals surface area contributed by atoms with E-state index in [2.05, 4.69) is 5.32 Å². The van der Waals surface area contributed by atoms with Gasteiger partial charge in [-0.3, -0.25) is 9.59 Å². The van der Waals surface area contributed by atoms with Crippen molar-refractivity contribution in [1.82, 2.24) is 5.32 Å². The first-order chi connectivity index (χ1) is 9.83. The highest BCUT2D eigenvalue weighted by molar-refractivity contribution is 5.96. The van der Waals surface area contributed by atoms with Gasteiger partial charge in [-0.2, -0.15) is 0 Å². The summed E-state index contributed by atoms with van der Waals surface area (Å²) in [6.07, 6.45) is 8.38. The van der Waals surface area contributed by atoms with Crippen LogP contribution in [0.4, 0.5) is 0 Å². The molecule has 2 unspecified atom stereocenters. The van der Waals surface area contributed by atoms with Crippen LogP contribution in [-0.2, 0) is 14.3 Å². The van der Waals surface area contributed by atoms with Crippen molar-refractivity contribution in [3.8, 4) is 0 Å². The Labute approximate surface area is 127 Å². The van der Waals surface area contributed by atoms with Crippen LogP contribution < -0.4 is 5.32 Å². The molecule has 3 aliphatic rings. The maximum Gasteiger partial charge on any atom is 0.313 e. The van der Waals surface area contributed by atoms with Gasteiger partial charge >= 0.3 is 5.97 Å². The van der Waals surface area contributed by atoms with Crippen LogP contribution in [0.1, 0.15) is 72.1 Å². The second kappa shape index (κ2) is 4.72. The molecule has 4 nitrogen and oxygen atoms in total. The van der Waals surface area contributed by atoms with E-state index in [1.54, 1.807) is 0 Å². The molecule has 0 aromatic heterocycles. The Morgan fingerprint density at radius 2 is 1.71 bits per heavy atom. The molecule has 1 heterocycles. The predicted molar refractivity (Wildman–Crippen MR) is 79.6 cm³/mol. The number of carbonyl (C=O) groups excluding carboxylic acids is 2. The number of amides is 1. The zero-order chi connectivity index (χ0) is 15.3. The molecule has 118 valence electrons. The number of rotatable bonds is 2. The van der Waals surface area contributed by atoms with Crippen molar-refractivity contribution in [3.05, 3.63) is 0 Å². The molecular weight excluding hydrogens is 266 g/mol. The van der Waals surface area contributed by atoms with Gasteiger partial charge in [0, 0.05) is 11.5 Å². The summed E-state index contributed by atoms with van der Waals surface area (Å²) in [5.74, 6) is -0.260. The molecule has 0 aromatic rings. The van der Waals surface area contributed by atoms with Gasteiger partial charge in [-0.1, -0.05) is 39.5 Å². The molecule has 2 aliphatic carbocycles. The van der Waals surface area contributed by atoms with E-state index in [-0.39, 0.29) is 17.9 Å². The van der Waals surface area contributed by atoms with Crippen LogP contribution in [0.5, 0.6) is 0 Å². The van der Waals surface area contributed by atoms with Gasteiger partial charge in [-0.15, -0.1) is 0 Å². The summed E-state index contributed by atoms with van der Waals surface area (Å²) < 4.78 is 5.65. The molecule has 0 spiro atoms. The highest BCUT2D eigenvalue weighted by atomic mass is 16.6. The summed E-state index contributed by atoms with van der Waals surface area (Å²) in [7, 11) is 0. The number of fused-ring (bicyclic) bond motifs is 2. The van der Waals surface area contributed by atoms with Gasteiger partial charge in [0.2, 0.25) is 0 Å². The molecule has 1 amide bonds. The molecule has 3 fully saturated rings. The molecular formula is C17H27NO3. The largest absolute Gasteiger partial charge is 0.448 e. The zero-order valence-electron chi connectivity index (χ0n) is 13.5. The Morgan fingerprint density at radius 1 is 1.10 bits per heavy atom. The summed E-state index contributed by atoms with van der Waals surface area (Å²) in [6.45, 7) is 5.97. The maximum atomic E-state index is 12.9. The molecule has 1 saturated heterocycles. The minimum atomic E-state index is -0.953. The van der Waals surface area contributed by atoms with E-state index in [1.165, 1.54) is 25.7 Å². The number of ether oxygens (including phenoxy) is 1. The molecule has 4 heteroatoms. The third-order valence-corrected chi connectivity index (χ3v) is 6.64. The van der Waals surface area contributed by atoms with Gasteiger partial charge in [0.25, 0.3) is 5.91 Å². The molecule has 0 radical (unpaired) electrons. The third-order valence-electron chi connectivity index (χ3n) is 6.64. The summed E-state index contributed by atoms with van der Waals surface area (Å²) in [5, 5.41) is 3.20. The number of carbonyl (C=O) groups is 2. The number of esters is 1. The summed E-state index contributed by atoms with van der Waals surface area (Å²) in [6, 6.07) is 0.247. The second-order valence-corrected chi connectivity index (χ2v) is 7.84.